The fourth-order valence-electron chi connectivity index (χ4n) is 2.93. The molecule has 2 aliphatic rings. The van der Waals surface area contributed by atoms with E-state index >= 15 is 0 Å². The van der Waals surface area contributed by atoms with Crippen molar-refractivity contribution >= 4 is 35.1 Å². The highest BCUT2D eigenvalue weighted by Crippen LogP contribution is 2.30. The van der Waals surface area contributed by atoms with Gasteiger partial charge in [0, 0.05) is 19.0 Å². The average molecular weight is 370 g/mol. The molecule has 0 radical (unpaired) electrons. The number of rotatable bonds is 4. The number of carbonyl (C=O) groups excluding carboxylic acids is 2. The SMILES string of the molecule is C[C@H](NC(=O)N1CC(NC(=O)C2CCC2)C1)c1cccc(Cl)c1Cl. The molecular formula is C17H21Cl2N3O2. The van der Waals surface area contributed by atoms with Crippen LogP contribution in [0.25, 0.3) is 0 Å². The van der Waals surface area contributed by atoms with Crippen molar-refractivity contribution in [1.29, 1.82) is 0 Å². The van der Waals surface area contributed by atoms with E-state index in [4.69, 9.17) is 23.2 Å². The fraction of sp³-hybridized carbons (Fsp3) is 0.529. The van der Waals surface area contributed by atoms with Crippen molar-refractivity contribution < 1.29 is 9.59 Å². The third kappa shape index (κ3) is 3.62. The molecule has 130 valence electrons. The molecule has 0 unspecified atom stereocenters. The third-order valence-corrected chi connectivity index (χ3v) is 5.61. The molecule has 1 aliphatic carbocycles. The molecule has 3 amide bonds. The summed E-state index contributed by atoms with van der Waals surface area (Å²) >= 11 is 12.2. The number of hydrogen-bond acceptors (Lipinski definition) is 2. The molecule has 1 aromatic rings. The summed E-state index contributed by atoms with van der Waals surface area (Å²) in [6.07, 6.45) is 3.11. The van der Waals surface area contributed by atoms with E-state index in [-0.39, 0.29) is 29.9 Å². The van der Waals surface area contributed by atoms with Crippen molar-refractivity contribution in [3.63, 3.8) is 0 Å². The Kier molecular flexibility index (Phi) is 5.21. The zero-order chi connectivity index (χ0) is 17.3. The van der Waals surface area contributed by atoms with Gasteiger partial charge in [-0.05, 0) is 31.4 Å². The summed E-state index contributed by atoms with van der Waals surface area (Å²) in [5.41, 5.74) is 0.785. The highest BCUT2D eigenvalue weighted by molar-refractivity contribution is 6.42. The minimum atomic E-state index is -0.243. The van der Waals surface area contributed by atoms with Crippen LogP contribution in [0.4, 0.5) is 4.79 Å². The molecule has 7 heteroatoms. The number of nitrogens with zero attached hydrogens (tertiary/aromatic N) is 1. The zero-order valence-electron chi connectivity index (χ0n) is 13.5. The van der Waals surface area contributed by atoms with Crippen molar-refractivity contribution in [2.45, 2.75) is 38.3 Å². The largest absolute Gasteiger partial charge is 0.350 e. The predicted molar refractivity (Wildman–Crippen MR) is 94.3 cm³/mol. The monoisotopic (exact) mass is 369 g/mol. The molecule has 1 heterocycles. The van der Waals surface area contributed by atoms with Gasteiger partial charge in [-0.3, -0.25) is 4.79 Å². The van der Waals surface area contributed by atoms with Crippen LogP contribution in [0.3, 0.4) is 0 Å². The van der Waals surface area contributed by atoms with Crippen molar-refractivity contribution in [1.82, 2.24) is 15.5 Å². The second kappa shape index (κ2) is 7.19. The minimum absolute atomic E-state index is 0.0638. The van der Waals surface area contributed by atoms with E-state index in [1.54, 1.807) is 11.0 Å². The maximum absolute atomic E-state index is 12.3. The second-order valence-electron chi connectivity index (χ2n) is 6.55. The van der Waals surface area contributed by atoms with E-state index in [9.17, 15) is 9.59 Å². The highest BCUT2D eigenvalue weighted by atomic mass is 35.5. The average Bonchev–Trinajstić information content (AvgIpc) is 2.43. The molecule has 1 aliphatic heterocycles. The molecular weight excluding hydrogens is 349 g/mol. The van der Waals surface area contributed by atoms with Gasteiger partial charge in [0.15, 0.2) is 0 Å². The van der Waals surface area contributed by atoms with E-state index in [1.807, 2.05) is 19.1 Å². The molecule has 1 saturated heterocycles. The van der Waals surface area contributed by atoms with Crippen LogP contribution in [0.1, 0.15) is 37.8 Å². The summed E-state index contributed by atoms with van der Waals surface area (Å²) in [7, 11) is 0. The Morgan fingerprint density at radius 3 is 2.58 bits per heavy atom. The van der Waals surface area contributed by atoms with Gasteiger partial charge >= 0.3 is 6.03 Å². The molecule has 1 saturated carbocycles. The lowest BCUT2D eigenvalue weighted by atomic mass is 9.84. The molecule has 3 rings (SSSR count). The minimum Gasteiger partial charge on any atom is -0.350 e. The Labute approximate surface area is 151 Å². The van der Waals surface area contributed by atoms with E-state index in [1.165, 1.54) is 0 Å². The number of urea groups is 1. The van der Waals surface area contributed by atoms with Crippen LogP contribution >= 0.6 is 23.2 Å². The summed E-state index contributed by atoms with van der Waals surface area (Å²) < 4.78 is 0. The first kappa shape index (κ1) is 17.4. The third-order valence-electron chi connectivity index (χ3n) is 4.78. The first-order chi connectivity index (χ1) is 11.5. The van der Waals surface area contributed by atoms with Gasteiger partial charge in [-0.2, -0.15) is 0 Å². The van der Waals surface area contributed by atoms with E-state index in [2.05, 4.69) is 10.6 Å². The number of carbonyl (C=O) groups is 2. The Balaban J connectivity index is 1.46. The van der Waals surface area contributed by atoms with Crippen molar-refractivity contribution in [3.05, 3.63) is 33.8 Å². The van der Waals surface area contributed by atoms with Crippen molar-refractivity contribution in [2.75, 3.05) is 13.1 Å². The molecule has 2 N–H and O–H groups in total. The van der Waals surface area contributed by atoms with Crippen LogP contribution in [0, 0.1) is 5.92 Å². The number of hydrogen-bond donors (Lipinski definition) is 2. The number of likely N-dealkylation sites (tertiary alicyclic amines) is 1. The van der Waals surface area contributed by atoms with Gasteiger partial charge < -0.3 is 15.5 Å². The quantitative estimate of drug-likeness (QED) is 0.854. The lowest BCUT2D eigenvalue weighted by Gasteiger charge is -2.41. The number of benzene rings is 1. The van der Waals surface area contributed by atoms with Crippen molar-refractivity contribution in [3.8, 4) is 0 Å². The van der Waals surface area contributed by atoms with Gasteiger partial charge in [-0.1, -0.05) is 41.8 Å². The standard InChI is InChI=1S/C17H21Cl2N3O2/c1-10(13-6-3-7-14(18)15(13)19)20-17(24)22-8-12(9-22)21-16(23)11-4-2-5-11/h3,6-7,10-12H,2,4-5,8-9H2,1H3,(H,20,24)(H,21,23)/t10-/m0/s1. The predicted octanol–water partition coefficient (Wildman–Crippen LogP) is 3.36. The summed E-state index contributed by atoms with van der Waals surface area (Å²) in [6.45, 7) is 2.95. The van der Waals surface area contributed by atoms with Gasteiger partial charge in [0.1, 0.15) is 0 Å². The Morgan fingerprint density at radius 1 is 1.25 bits per heavy atom. The second-order valence-corrected chi connectivity index (χ2v) is 7.34. The molecule has 5 nitrogen and oxygen atoms in total. The van der Waals surface area contributed by atoms with E-state index in [0.717, 1.165) is 24.8 Å². The Hall–Kier alpha value is -1.46. The normalized spacial score (nSPS) is 19.2. The van der Waals surface area contributed by atoms with Crippen LogP contribution in [0.15, 0.2) is 18.2 Å². The lowest BCUT2D eigenvalue weighted by molar-refractivity contribution is -0.129. The lowest BCUT2D eigenvalue weighted by Crippen LogP contribution is -2.63. The topological polar surface area (TPSA) is 61.4 Å². The molecule has 0 aromatic heterocycles. The van der Waals surface area contributed by atoms with E-state index in [0.29, 0.717) is 23.1 Å². The molecule has 24 heavy (non-hydrogen) atoms. The molecule has 0 spiro atoms. The summed E-state index contributed by atoms with van der Waals surface area (Å²) in [5, 5.41) is 6.85. The van der Waals surface area contributed by atoms with Crippen LogP contribution in [-0.2, 0) is 4.79 Å². The highest BCUT2D eigenvalue weighted by Gasteiger charge is 2.35. The molecule has 0 bridgehead atoms. The van der Waals surface area contributed by atoms with Gasteiger partial charge in [-0.25, -0.2) is 4.79 Å². The zero-order valence-corrected chi connectivity index (χ0v) is 15.0. The van der Waals surface area contributed by atoms with Crippen LogP contribution in [-0.4, -0.2) is 36.0 Å². The molecule has 2 fully saturated rings. The first-order valence-electron chi connectivity index (χ1n) is 8.25. The number of halogens is 2. The van der Waals surface area contributed by atoms with Gasteiger partial charge in [-0.15, -0.1) is 0 Å². The van der Waals surface area contributed by atoms with Crippen LogP contribution in [0.5, 0.6) is 0 Å². The number of amides is 3. The summed E-state index contributed by atoms with van der Waals surface area (Å²) in [5.74, 6) is 0.309. The maximum atomic E-state index is 12.3. The first-order valence-corrected chi connectivity index (χ1v) is 9.01. The fourth-order valence-corrected chi connectivity index (χ4v) is 3.41. The molecule has 1 atom stereocenters. The smallest absolute Gasteiger partial charge is 0.318 e. The maximum Gasteiger partial charge on any atom is 0.318 e. The summed E-state index contributed by atoms with van der Waals surface area (Å²) in [4.78, 5) is 25.8. The Morgan fingerprint density at radius 2 is 1.96 bits per heavy atom. The van der Waals surface area contributed by atoms with Gasteiger partial charge in [0.05, 0.1) is 22.1 Å². The van der Waals surface area contributed by atoms with Gasteiger partial charge in [0.25, 0.3) is 0 Å². The van der Waals surface area contributed by atoms with Crippen LogP contribution in [0.2, 0.25) is 10.0 Å². The summed E-state index contributed by atoms with van der Waals surface area (Å²) in [6, 6.07) is 5.03. The van der Waals surface area contributed by atoms with Gasteiger partial charge in [0.2, 0.25) is 5.91 Å². The van der Waals surface area contributed by atoms with Crippen molar-refractivity contribution in [2.24, 2.45) is 5.92 Å². The van der Waals surface area contributed by atoms with E-state index < -0.39 is 0 Å². The number of nitrogens with one attached hydrogen (secondary N) is 2. The Bertz CT molecular complexity index is 643. The van der Waals surface area contributed by atoms with Crippen LogP contribution < -0.4 is 10.6 Å². The molecule has 1 aromatic carbocycles.